The van der Waals surface area contributed by atoms with Crippen molar-refractivity contribution in [3.05, 3.63) is 89.4 Å². The van der Waals surface area contributed by atoms with Crippen molar-refractivity contribution in [1.82, 2.24) is 15.2 Å². The lowest BCUT2D eigenvalue weighted by Gasteiger charge is -2.14. The van der Waals surface area contributed by atoms with E-state index in [1.807, 2.05) is 0 Å². The molecule has 0 aliphatic carbocycles. The Morgan fingerprint density at radius 1 is 0.938 bits per heavy atom. The molecule has 2 heterocycles. The summed E-state index contributed by atoms with van der Waals surface area (Å²) in [6, 6.07) is 15.9. The van der Waals surface area contributed by atoms with Crippen molar-refractivity contribution < 1.29 is 23.5 Å². The van der Waals surface area contributed by atoms with Crippen molar-refractivity contribution in [3.8, 4) is 11.6 Å². The quantitative estimate of drug-likeness (QED) is 0.576. The maximum absolute atomic E-state index is 12.9. The normalized spacial score (nSPS) is 13.3. The number of ether oxygens (including phenoxy) is 1. The molecule has 1 aliphatic rings. The summed E-state index contributed by atoms with van der Waals surface area (Å²) in [4.78, 5) is 41.3. The molecule has 4 rings (SSSR count). The number of amides is 3. The molecule has 32 heavy (non-hydrogen) atoms. The predicted molar refractivity (Wildman–Crippen MR) is 113 cm³/mol. The van der Waals surface area contributed by atoms with Crippen LogP contribution in [0.25, 0.3) is 0 Å². The minimum absolute atomic E-state index is 0.167. The molecule has 162 valence electrons. The highest BCUT2D eigenvalue weighted by Gasteiger charge is 2.28. The van der Waals surface area contributed by atoms with E-state index in [9.17, 15) is 18.8 Å². The second-order valence-electron chi connectivity index (χ2n) is 7.31. The molecular formula is C24H20FN3O4. The Balaban J connectivity index is 1.29. The van der Waals surface area contributed by atoms with Gasteiger partial charge in [-0.15, -0.1) is 0 Å². The monoisotopic (exact) mass is 433 g/mol. The number of nitrogens with one attached hydrogen (secondary N) is 1. The zero-order valence-corrected chi connectivity index (χ0v) is 17.1. The predicted octanol–water partition coefficient (Wildman–Crippen LogP) is 3.59. The topological polar surface area (TPSA) is 88.6 Å². The Bertz CT molecular complexity index is 1110. The van der Waals surface area contributed by atoms with Crippen molar-refractivity contribution in [2.24, 2.45) is 0 Å². The lowest BCUT2D eigenvalue weighted by atomic mass is 10.1. The molecule has 3 aromatic rings. The first-order valence-electron chi connectivity index (χ1n) is 10.1. The van der Waals surface area contributed by atoms with E-state index in [-0.39, 0.29) is 49.5 Å². The Labute approximate surface area is 183 Å². The fourth-order valence-electron chi connectivity index (χ4n) is 3.23. The molecular weight excluding hydrogens is 413 g/mol. The van der Waals surface area contributed by atoms with Crippen molar-refractivity contribution >= 4 is 17.7 Å². The first kappa shape index (κ1) is 21.2. The first-order chi connectivity index (χ1) is 15.5. The van der Waals surface area contributed by atoms with Crippen LogP contribution < -0.4 is 10.1 Å². The van der Waals surface area contributed by atoms with Crippen LogP contribution in [0.1, 0.15) is 34.3 Å². The minimum Gasteiger partial charge on any atom is -0.439 e. The minimum atomic E-state index is -0.345. The summed E-state index contributed by atoms with van der Waals surface area (Å²) in [7, 11) is 0. The summed E-state index contributed by atoms with van der Waals surface area (Å²) in [6.45, 7) is 0.499. The average Bonchev–Trinajstić information content (AvgIpc) is 3.12. The van der Waals surface area contributed by atoms with Crippen LogP contribution in [0, 0.1) is 5.82 Å². The molecule has 0 spiro atoms. The van der Waals surface area contributed by atoms with Gasteiger partial charge in [-0.2, -0.15) is 0 Å². The van der Waals surface area contributed by atoms with Crippen molar-refractivity contribution in [3.63, 3.8) is 0 Å². The number of hydrogen-bond acceptors (Lipinski definition) is 5. The van der Waals surface area contributed by atoms with Gasteiger partial charge in [0.25, 0.3) is 5.91 Å². The number of aromatic nitrogens is 1. The molecule has 1 fully saturated rings. The second-order valence-corrected chi connectivity index (χ2v) is 7.31. The van der Waals surface area contributed by atoms with Gasteiger partial charge < -0.3 is 10.1 Å². The molecule has 0 bridgehead atoms. The van der Waals surface area contributed by atoms with E-state index in [0.29, 0.717) is 17.2 Å². The summed E-state index contributed by atoms with van der Waals surface area (Å²) >= 11 is 0. The summed E-state index contributed by atoms with van der Waals surface area (Å²) in [6.07, 6.45) is 2.10. The highest BCUT2D eigenvalue weighted by atomic mass is 19.1. The molecule has 1 aromatic heterocycles. The Kier molecular flexibility index (Phi) is 6.21. The fourth-order valence-corrected chi connectivity index (χ4v) is 3.23. The molecule has 0 radical (unpaired) electrons. The molecule has 2 aromatic carbocycles. The molecule has 1 aliphatic heterocycles. The third-order valence-corrected chi connectivity index (χ3v) is 5.00. The van der Waals surface area contributed by atoms with Gasteiger partial charge in [-0.1, -0.05) is 18.2 Å². The Morgan fingerprint density at radius 2 is 1.59 bits per heavy atom. The molecule has 3 amide bonds. The maximum Gasteiger partial charge on any atom is 0.251 e. The van der Waals surface area contributed by atoms with Gasteiger partial charge >= 0.3 is 0 Å². The zero-order chi connectivity index (χ0) is 22.5. The largest absolute Gasteiger partial charge is 0.439 e. The molecule has 8 heteroatoms. The van der Waals surface area contributed by atoms with Gasteiger partial charge in [0, 0.05) is 37.2 Å². The maximum atomic E-state index is 12.9. The number of imide groups is 1. The summed E-state index contributed by atoms with van der Waals surface area (Å²) in [5.74, 6) is -0.0996. The molecule has 0 unspecified atom stereocenters. The highest BCUT2D eigenvalue weighted by Crippen LogP contribution is 2.20. The fraction of sp³-hybridized carbons (Fsp3) is 0.167. The van der Waals surface area contributed by atoms with E-state index in [2.05, 4.69) is 10.3 Å². The number of rotatable bonds is 7. The number of likely N-dealkylation sites (tertiary alicyclic amines) is 1. The first-order valence-corrected chi connectivity index (χ1v) is 10.1. The standard InChI is InChI=1S/C24H20FN3O4/c25-19-6-8-20(9-7-19)32-21-10-3-17(13-26-21)14-27-24(31)18-4-1-16(2-5-18)15-28-22(29)11-12-23(28)30/h1-10,13H,11-12,14-15H2,(H,27,31). The van der Waals surface area contributed by atoms with E-state index >= 15 is 0 Å². The summed E-state index contributed by atoms with van der Waals surface area (Å²) < 4.78 is 18.5. The van der Waals surface area contributed by atoms with Crippen LogP contribution in [0.15, 0.2) is 66.9 Å². The number of carbonyl (C=O) groups is 3. The van der Waals surface area contributed by atoms with Gasteiger partial charge in [0.15, 0.2) is 0 Å². The van der Waals surface area contributed by atoms with Crippen molar-refractivity contribution in [2.75, 3.05) is 0 Å². The summed E-state index contributed by atoms with van der Waals surface area (Å²) in [5.41, 5.74) is 2.04. The van der Waals surface area contributed by atoms with Crippen LogP contribution in [-0.4, -0.2) is 27.6 Å². The van der Waals surface area contributed by atoms with Crippen LogP contribution in [-0.2, 0) is 22.7 Å². The highest BCUT2D eigenvalue weighted by molar-refractivity contribution is 6.01. The second kappa shape index (κ2) is 9.38. The smallest absolute Gasteiger partial charge is 0.251 e. The van der Waals surface area contributed by atoms with Crippen LogP contribution >= 0.6 is 0 Å². The number of nitrogens with zero attached hydrogens (tertiary/aromatic N) is 2. The van der Waals surface area contributed by atoms with Gasteiger partial charge in [0.2, 0.25) is 17.7 Å². The van der Waals surface area contributed by atoms with Crippen LogP contribution in [0.4, 0.5) is 4.39 Å². The number of carbonyl (C=O) groups excluding carboxylic acids is 3. The molecule has 0 saturated carbocycles. The third kappa shape index (κ3) is 5.15. The van der Waals surface area contributed by atoms with Crippen LogP contribution in [0.2, 0.25) is 0 Å². The van der Waals surface area contributed by atoms with E-state index < -0.39 is 0 Å². The molecule has 1 saturated heterocycles. The van der Waals surface area contributed by atoms with Gasteiger partial charge in [-0.3, -0.25) is 19.3 Å². The van der Waals surface area contributed by atoms with Gasteiger partial charge in [-0.05, 0) is 47.5 Å². The number of halogens is 1. The molecule has 7 nitrogen and oxygen atoms in total. The average molecular weight is 433 g/mol. The van der Waals surface area contributed by atoms with E-state index in [0.717, 1.165) is 11.1 Å². The Hall–Kier alpha value is -4.07. The number of hydrogen-bond donors (Lipinski definition) is 1. The molecule has 0 atom stereocenters. The van der Waals surface area contributed by atoms with E-state index in [1.165, 1.54) is 29.2 Å². The lowest BCUT2D eigenvalue weighted by molar-refractivity contribution is -0.139. The van der Waals surface area contributed by atoms with Gasteiger partial charge in [-0.25, -0.2) is 9.37 Å². The number of benzene rings is 2. The van der Waals surface area contributed by atoms with Crippen LogP contribution in [0.5, 0.6) is 11.6 Å². The third-order valence-electron chi connectivity index (χ3n) is 5.00. The zero-order valence-electron chi connectivity index (χ0n) is 17.1. The summed E-state index contributed by atoms with van der Waals surface area (Å²) in [5, 5.41) is 2.82. The van der Waals surface area contributed by atoms with E-state index in [1.54, 1.807) is 42.6 Å². The SMILES string of the molecule is O=C(NCc1ccc(Oc2ccc(F)cc2)nc1)c1ccc(CN2C(=O)CCC2=O)cc1. The lowest BCUT2D eigenvalue weighted by Crippen LogP contribution is -2.28. The van der Waals surface area contributed by atoms with Gasteiger partial charge in [0.05, 0.1) is 6.54 Å². The van der Waals surface area contributed by atoms with Crippen molar-refractivity contribution in [1.29, 1.82) is 0 Å². The number of pyridine rings is 1. The van der Waals surface area contributed by atoms with Crippen molar-refractivity contribution in [2.45, 2.75) is 25.9 Å². The van der Waals surface area contributed by atoms with Gasteiger partial charge in [0.1, 0.15) is 11.6 Å². The molecule has 1 N–H and O–H groups in total. The van der Waals surface area contributed by atoms with Crippen LogP contribution in [0.3, 0.4) is 0 Å². The van der Waals surface area contributed by atoms with E-state index in [4.69, 9.17) is 4.74 Å². The Morgan fingerprint density at radius 3 is 2.22 bits per heavy atom.